The highest BCUT2D eigenvalue weighted by atomic mass is 16.4. The zero-order valence-electron chi connectivity index (χ0n) is 10.1. The average molecular weight is 241 g/mol. The molecule has 0 aliphatic heterocycles. The lowest BCUT2D eigenvalue weighted by Gasteiger charge is -2.25. The molecule has 0 fully saturated rings. The van der Waals surface area contributed by atoms with E-state index in [9.17, 15) is 9.59 Å². The Morgan fingerprint density at radius 1 is 1.41 bits per heavy atom. The van der Waals surface area contributed by atoms with Gasteiger partial charge in [-0.15, -0.1) is 5.10 Å². The van der Waals surface area contributed by atoms with E-state index in [4.69, 9.17) is 5.11 Å². The van der Waals surface area contributed by atoms with Gasteiger partial charge in [-0.05, 0) is 10.6 Å². The molecule has 8 nitrogen and oxygen atoms in total. The van der Waals surface area contributed by atoms with E-state index in [2.05, 4.69) is 20.7 Å². The Morgan fingerprint density at radius 3 is 2.35 bits per heavy atom. The molecular weight excluding hydrogens is 226 g/mol. The number of carboxylic acids is 1. The van der Waals surface area contributed by atoms with Gasteiger partial charge in [-0.3, -0.25) is 14.9 Å². The van der Waals surface area contributed by atoms with Crippen molar-refractivity contribution in [2.45, 2.75) is 20.8 Å². The molecule has 0 aliphatic rings. The monoisotopic (exact) mass is 241 g/mol. The molecular formula is C9H15N5O3. The van der Waals surface area contributed by atoms with Crippen LogP contribution in [0.25, 0.3) is 0 Å². The van der Waals surface area contributed by atoms with Gasteiger partial charge in [0.25, 0.3) is 5.95 Å². The first-order valence-electron chi connectivity index (χ1n) is 4.99. The third-order valence-corrected chi connectivity index (χ3v) is 2.12. The van der Waals surface area contributed by atoms with Crippen LogP contribution in [-0.2, 0) is 16.6 Å². The molecule has 0 radical (unpaired) electrons. The molecule has 0 aromatic carbocycles. The molecule has 2 N–H and O–H groups in total. The smallest absolute Gasteiger partial charge is 0.316 e. The Kier molecular flexibility index (Phi) is 3.45. The minimum absolute atomic E-state index is 0.00648. The normalized spacial score (nSPS) is 13.2. The largest absolute Gasteiger partial charge is 0.481 e. The summed E-state index contributed by atoms with van der Waals surface area (Å²) in [6.07, 6.45) is 0. The number of aromatic nitrogens is 4. The van der Waals surface area contributed by atoms with Gasteiger partial charge in [0, 0.05) is 0 Å². The summed E-state index contributed by atoms with van der Waals surface area (Å²) in [5, 5.41) is 22.2. The fourth-order valence-corrected chi connectivity index (χ4v) is 1.39. The zero-order chi connectivity index (χ0) is 13.2. The van der Waals surface area contributed by atoms with Crippen LogP contribution in [0.1, 0.15) is 20.8 Å². The van der Waals surface area contributed by atoms with Crippen molar-refractivity contribution in [2.24, 2.45) is 18.4 Å². The van der Waals surface area contributed by atoms with Crippen molar-refractivity contribution < 1.29 is 14.7 Å². The van der Waals surface area contributed by atoms with Crippen molar-refractivity contribution in [2.75, 3.05) is 5.32 Å². The second-order valence-electron chi connectivity index (χ2n) is 4.73. The molecule has 17 heavy (non-hydrogen) atoms. The number of aryl methyl sites for hydroxylation is 1. The topological polar surface area (TPSA) is 110 Å². The summed E-state index contributed by atoms with van der Waals surface area (Å²) in [5.41, 5.74) is -0.696. The highest BCUT2D eigenvalue weighted by molar-refractivity contribution is 6.04. The van der Waals surface area contributed by atoms with Gasteiger partial charge in [-0.2, -0.15) is 4.80 Å². The predicted molar refractivity (Wildman–Crippen MR) is 58.0 cm³/mol. The van der Waals surface area contributed by atoms with E-state index in [1.165, 1.54) is 4.80 Å². The molecule has 1 atom stereocenters. The number of anilines is 1. The van der Waals surface area contributed by atoms with Crippen LogP contribution < -0.4 is 5.32 Å². The maximum Gasteiger partial charge on any atom is 0.316 e. The Balaban J connectivity index is 2.84. The molecule has 1 aromatic rings. The number of carbonyl (C=O) groups is 2. The Labute approximate surface area is 98.0 Å². The second kappa shape index (κ2) is 4.48. The van der Waals surface area contributed by atoms with Gasteiger partial charge in [0.2, 0.25) is 5.91 Å². The summed E-state index contributed by atoms with van der Waals surface area (Å²) in [6, 6.07) is 0. The van der Waals surface area contributed by atoms with E-state index >= 15 is 0 Å². The van der Waals surface area contributed by atoms with Crippen molar-refractivity contribution in [3.63, 3.8) is 0 Å². The van der Waals surface area contributed by atoms with Crippen LogP contribution in [-0.4, -0.2) is 37.2 Å². The number of rotatable bonds is 3. The van der Waals surface area contributed by atoms with Crippen LogP contribution >= 0.6 is 0 Å². The highest BCUT2D eigenvalue weighted by Crippen LogP contribution is 2.27. The van der Waals surface area contributed by atoms with Crippen LogP contribution in [0.3, 0.4) is 0 Å². The van der Waals surface area contributed by atoms with Crippen LogP contribution in [0, 0.1) is 11.3 Å². The van der Waals surface area contributed by atoms with E-state index in [1.807, 2.05) is 0 Å². The number of tetrazole rings is 1. The first-order chi connectivity index (χ1) is 7.71. The van der Waals surface area contributed by atoms with Crippen molar-refractivity contribution >= 4 is 17.8 Å². The lowest BCUT2D eigenvalue weighted by Crippen LogP contribution is -2.39. The van der Waals surface area contributed by atoms with E-state index < -0.39 is 23.2 Å². The van der Waals surface area contributed by atoms with Gasteiger partial charge in [0.1, 0.15) is 5.92 Å². The van der Waals surface area contributed by atoms with Gasteiger partial charge in [0.15, 0.2) is 0 Å². The maximum atomic E-state index is 11.8. The van der Waals surface area contributed by atoms with E-state index in [0.717, 1.165) is 0 Å². The fourth-order valence-electron chi connectivity index (χ4n) is 1.39. The van der Waals surface area contributed by atoms with Crippen molar-refractivity contribution in [1.82, 2.24) is 20.2 Å². The van der Waals surface area contributed by atoms with E-state index in [1.54, 1.807) is 27.8 Å². The number of carbonyl (C=O) groups excluding carboxylic acids is 1. The fraction of sp³-hybridized carbons (Fsp3) is 0.667. The lowest BCUT2D eigenvalue weighted by atomic mass is 9.80. The molecule has 0 bridgehead atoms. The molecule has 1 heterocycles. The number of hydrogen-bond donors (Lipinski definition) is 2. The maximum absolute atomic E-state index is 11.8. The van der Waals surface area contributed by atoms with Crippen LogP contribution in [0.15, 0.2) is 0 Å². The number of nitrogens with zero attached hydrogens (tertiary/aromatic N) is 4. The average Bonchev–Trinajstić information content (AvgIpc) is 2.46. The molecule has 0 saturated heterocycles. The summed E-state index contributed by atoms with van der Waals surface area (Å²) in [6.45, 7) is 5.03. The quantitative estimate of drug-likeness (QED) is 0.715. The molecule has 1 rings (SSSR count). The van der Waals surface area contributed by atoms with Gasteiger partial charge >= 0.3 is 5.97 Å². The Bertz CT molecular complexity index is 434. The van der Waals surface area contributed by atoms with E-state index in [-0.39, 0.29) is 5.95 Å². The molecule has 8 heteroatoms. The Morgan fingerprint density at radius 2 is 2.00 bits per heavy atom. The third-order valence-electron chi connectivity index (χ3n) is 2.12. The second-order valence-corrected chi connectivity index (χ2v) is 4.73. The van der Waals surface area contributed by atoms with Gasteiger partial charge in [-0.25, -0.2) is 0 Å². The van der Waals surface area contributed by atoms with Crippen molar-refractivity contribution in [3.05, 3.63) is 0 Å². The number of carboxylic acid groups (broad SMARTS) is 1. The van der Waals surface area contributed by atoms with Gasteiger partial charge in [-0.1, -0.05) is 25.9 Å². The number of hydrogen-bond acceptors (Lipinski definition) is 5. The van der Waals surface area contributed by atoms with Crippen molar-refractivity contribution in [3.8, 4) is 0 Å². The number of amides is 1. The molecule has 0 aliphatic carbocycles. The van der Waals surface area contributed by atoms with Crippen LogP contribution in [0.5, 0.6) is 0 Å². The molecule has 94 valence electrons. The Hall–Kier alpha value is -1.99. The number of nitrogens with one attached hydrogen (secondary N) is 1. The predicted octanol–water partition coefficient (Wildman–Crippen LogP) is -0.105. The highest BCUT2D eigenvalue weighted by Gasteiger charge is 2.38. The molecule has 1 amide bonds. The third kappa shape index (κ3) is 3.23. The summed E-state index contributed by atoms with van der Waals surface area (Å²) in [5.74, 6) is -3.02. The summed E-state index contributed by atoms with van der Waals surface area (Å²) < 4.78 is 0. The molecule has 0 spiro atoms. The standard InChI is InChI=1S/C9H15N5O3/c1-9(2,3)5(7(16)17)6(15)10-8-11-13-14(4)12-8/h5H,1-4H3,(H,16,17)(H,10,12,15). The van der Waals surface area contributed by atoms with Gasteiger partial charge < -0.3 is 5.11 Å². The summed E-state index contributed by atoms with van der Waals surface area (Å²) in [4.78, 5) is 24.0. The first kappa shape index (κ1) is 13.1. The van der Waals surface area contributed by atoms with Gasteiger partial charge in [0.05, 0.1) is 7.05 Å². The van der Waals surface area contributed by atoms with E-state index in [0.29, 0.717) is 0 Å². The zero-order valence-corrected chi connectivity index (χ0v) is 10.1. The lowest BCUT2D eigenvalue weighted by molar-refractivity contribution is -0.149. The summed E-state index contributed by atoms with van der Waals surface area (Å²) in [7, 11) is 1.54. The van der Waals surface area contributed by atoms with Crippen LogP contribution in [0.4, 0.5) is 5.95 Å². The molecule has 1 aromatic heterocycles. The molecule has 1 unspecified atom stereocenters. The minimum Gasteiger partial charge on any atom is -0.481 e. The van der Waals surface area contributed by atoms with Crippen LogP contribution in [0.2, 0.25) is 0 Å². The summed E-state index contributed by atoms with van der Waals surface area (Å²) >= 11 is 0. The minimum atomic E-state index is -1.18. The SMILES string of the molecule is Cn1nnc(NC(=O)C(C(=O)O)C(C)(C)C)n1. The van der Waals surface area contributed by atoms with Crippen molar-refractivity contribution in [1.29, 1.82) is 0 Å². The molecule has 0 saturated carbocycles. The number of aliphatic carboxylic acids is 1. The first-order valence-corrected chi connectivity index (χ1v) is 4.99.